The fraction of sp³-hybridized carbons (Fsp3) is 0.154. The van der Waals surface area contributed by atoms with E-state index in [0.29, 0.717) is 4.67 Å². The molecule has 0 spiro atoms. The first-order valence-corrected chi connectivity index (χ1v) is 7.04. The Balaban J connectivity index is 1.72. The molecule has 2 rings (SSSR count). The number of carbonyl (C=O) groups excluding carboxylic acids is 1. The van der Waals surface area contributed by atoms with Gasteiger partial charge in [0.25, 0.3) is 0 Å². The largest absolute Gasteiger partial charge is 0.490 e. The van der Waals surface area contributed by atoms with Gasteiger partial charge in [0.05, 0.1) is 0 Å². The summed E-state index contributed by atoms with van der Waals surface area (Å²) in [4.78, 5) is 11.5. The molecule has 2 aromatic rings. The van der Waals surface area contributed by atoms with E-state index in [4.69, 9.17) is 13.9 Å². The average molecular weight is 390 g/mol. The van der Waals surface area contributed by atoms with Crippen molar-refractivity contribution in [2.75, 3.05) is 13.2 Å². The lowest BCUT2D eigenvalue weighted by Crippen LogP contribution is -2.11. The highest BCUT2D eigenvalue weighted by Crippen LogP contribution is 2.16. The van der Waals surface area contributed by atoms with Crippen LogP contribution in [0.15, 0.2) is 50.0 Å². The molecule has 1 aromatic carbocycles. The lowest BCUT2D eigenvalue weighted by atomic mass is 10.3. The first kappa shape index (κ1) is 14.1. The molecule has 1 aromatic heterocycles. The first-order valence-electron chi connectivity index (χ1n) is 5.46. The zero-order chi connectivity index (χ0) is 13.7. The highest BCUT2D eigenvalue weighted by atomic mass is 79.9. The molecular weight excluding hydrogens is 380 g/mol. The van der Waals surface area contributed by atoms with Gasteiger partial charge in [0.15, 0.2) is 4.67 Å². The second-order valence-electron chi connectivity index (χ2n) is 3.54. The van der Waals surface area contributed by atoms with Crippen molar-refractivity contribution < 1.29 is 18.7 Å². The number of halogens is 2. The van der Waals surface area contributed by atoms with E-state index in [0.717, 1.165) is 10.2 Å². The molecule has 0 N–H and O–H groups in total. The Morgan fingerprint density at radius 2 is 1.79 bits per heavy atom. The normalized spacial score (nSPS) is 10.2. The summed E-state index contributed by atoms with van der Waals surface area (Å²) < 4.78 is 17.0. The highest BCUT2D eigenvalue weighted by Gasteiger charge is 2.11. The van der Waals surface area contributed by atoms with Gasteiger partial charge in [-0.2, -0.15) is 0 Å². The van der Waals surface area contributed by atoms with Crippen LogP contribution in [0.25, 0.3) is 0 Å². The van der Waals surface area contributed by atoms with Gasteiger partial charge < -0.3 is 13.9 Å². The van der Waals surface area contributed by atoms with E-state index in [1.807, 2.05) is 24.3 Å². The number of ether oxygens (including phenoxy) is 2. The number of hydrogen-bond donors (Lipinski definition) is 0. The Morgan fingerprint density at radius 1 is 1.05 bits per heavy atom. The van der Waals surface area contributed by atoms with E-state index in [2.05, 4.69) is 31.9 Å². The van der Waals surface area contributed by atoms with E-state index in [1.165, 1.54) is 0 Å². The van der Waals surface area contributed by atoms with Crippen LogP contribution in [0.1, 0.15) is 10.6 Å². The molecule has 100 valence electrons. The van der Waals surface area contributed by atoms with Crippen LogP contribution >= 0.6 is 31.9 Å². The van der Waals surface area contributed by atoms with Crippen LogP contribution in [-0.4, -0.2) is 19.2 Å². The lowest BCUT2D eigenvalue weighted by Gasteiger charge is -2.06. The summed E-state index contributed by atoms with van der Waals surface area (Å²) in [6.45, 7) is 0.447. The number of hydrogen-bond acceptors (Lipinski definition) is 4. The molecule has 0 aliphatic heterocycles. The second kappa shape index (κ2) is 6.77. The standard InChI is InChI=1S/C13H10Br2O4/c14-9-1-3-10(4-2-9)17-7-8-18-13(16)11-5-6-12(15)19-11/h1-6H,7-8H2. The van der Waals surface area contributed by atoms with Crippen molar-refractivity contribution in [1.29, 1.82) is 0 Å². The summed E-state index contributed by atoms with van der Waals surface area (Å²) in [5, 5.41) is 0. The predicted octanol–water partition coefficient (Wildman–Crippen LogP) is 4.04. The molecule has 4 nitrogen and oxygen atoms in total. The minimum Gasteiger partial charge on any atom is -0.490 e. The van der Waals surface area contributed by atoms with Crippen molar-refractivity contribution in [2.24, 2.45) is 0 Å². The highest BCUT2D eigenvalue weighted by molar-refractivity contribution is 9.10. The Bertz CT molecular complexity index is 548. The van der Waals surface area contributed by atoms with Crippen molar-refractivity contribution in [3.8, 4) is 5.75 Å². The summed E-state index contributed by atoms with van der Waals surface area (Å²) in [5.41, 5.74) is 0. The predicted molar refractivity (Wildman–Crippen MR) is 76.3 cm³/mol. The van der Waals surface area contributed by atoms with Gasteiger partial charge in [-0.05, 0) is 52.3 Å². The number of furan rings is 1. The van der Waals surface area contributed by atoms with Gasteiger partial charge in [-0.1, -0.05) is 15.9 Å². The second-order valence-corrected chi connectivity index (χ2v) is 5.24. The number of benzene rings is 1. The lowest BCUT2D eigenvalue weighted by molar-refractivity contribution is 0.0413. The van der Waals surface area contributed by atoms with Crippen LogP contribution in [0, 0.1) is 0 Å². The van der Waals surface area contributed by atoms with Gasteiger partial charge in [-0.15, -0.1) is 0 Å². The van der Waals surface area contributed by atoms with Crippen molar-refractivity contribution in [3.05, 3.63) is 51.3 Å². The summed E-state index contributed by atoms with van der Waals surface area (Å²) in [5.74, 6) is 0.376. The molecule has 0 fully saturated rings. The third-order valence-corrected chi connectivity index (χ3v) is 3.13. The molecule has 0 radical (unpaired) electrons. The number of rotatable bonds is 5. The van der Waals surface area contributed by atoms with Gasteiger partial charge in [0.1, 0.15) is 19.0 Å². The molecule has 0 amide bonds. The first-order chi connectivity index (χ1) is 9.15. The summed E-state index contributed by atoms with van der Waals surface area (Å²) in [6.07, 6.45) is 0. The molecule has 19 heavy (non-hydrogen) atoms. The fourth-order valence-electron chi connectivity index (χ4n) is 1.32. The average Bonchev–Trinajstić information content (AvgIpc) is 2.83. The molecule has 0 aliphatic carbocycles. The molecule has 0 saturated carbocycles. The molecule has 1 heterocycles. The number of esters is 1. The zero-order valence-corrected chi connectivity index (χ0v) is 12.9. The molecular formula is C13H10Br2O4. The minimum atomic E-state index is -0.509. The van der Waals surface area contributed by atoms with Crippen LogP contribution in [0.4, 0.5) is 0 Å². The van der Waals surface area contributed by atoms with Crippen LogP contribution < -0.4 is 4.74 Å². The third-order valence-electron chi connectivity index (χ3n) is 2.17. The molecule has 0 aliphatic rings. The van der Waals surface area contributed by atoms with Gasteiger partial charge in [0.2, 0.25) is 5.76 Å². The molecule has 0 saturated heterocycles. The fourth-order valence-corrected chi connectivity index (χ4v) is 1.89. The molecule has 0 bridgehead atoms. The van der Waals surface area contributed by atoms with Crippen molar-refractivity contribution in [3.63, 3.8) is 0 Å². The quantitative estimate of drug-likeness (QED) is 0.572. The van der Waals surface area contributed by atoms with E-state index < -0.39 is 5.97 Å². The van der Waals surface area contributed by atoms with Crippen molar-refractivity contribution in [2.45, 2.75) is 0 Å². The SMILES string of the molecule is O=C(OCCOc1ccc(Br)cc1)c1ccc(Br)o1. The van der Waals surface area contributed by atoms with Crippen LogP contribution in [0.2, 0.25) is 0 Å². The van der Waals surface area contributed by atoms with Gasteiger partial charge >= 0.3 is 5.97 Å². The third kappa shape index (κ3) is 4.40. The Hall–Kier alpha value is -1.27. The Labute approximate surface area is 127 Å². The summed E-state index contributed by atoms with van der Waals surface area (Å²) in [7, 11) is 0. The zero-order valence-electron chi connectivity index (χ0n) is 9.77. The topological polar surface area (TPSA) is 48.7 Å². The smallest absolute Gasteiger partial charge is 0.374 e. The van der Waals surface area contributed by atoms with Crippen molar-refractivity contribution in [1.82, 2.24) is 0 Å². The summed E-state index contributed by atoms with van der Waals surface area (Å²) >= 11 is 6.45. The van der Waals surface area contributed by atoms with Crippen molar-refractivity contribution >= 4 is 37.8 Å². The maximum atomic E-state index is 11.5. The van der Waals surface area contributed by atoms with E-state index in [9.17, 15) is 4.79 Å². The number of carbonyl (C=O) groups is 1. The van der Waals surface area contributed by atoms with E-state index in [1.54, 1.807) is 12.1 Å². The maximum absolute atomic E-state index is 11.5. The Kier molecular flexibility index (Phi) is 5.04. The van der Waals surface area contributed by atoms with Crippen LogP contribution in [0.5, 0.6) is 5.75 Å². The van der Waals surface area contributed by atoms with Gasteiger partial charge in [-0.25, -0.2) is 4.79 Å². The van der Waals surface area contributed by atoms with E-state index >= 15 is 0 Å². The maximum Gasteiger partial charge on any atom is 0.374 e. The minimum absolute atomic E-state index is 0.160. The molecule has 6 heteroatoms. The molecule has 0 unspecified atom stereocenters. The van der Waals surface area contributed by atoms with Gasteiger partial charge in [0, 0.05) is 4.47 Å². The Morgan fingerprint density at radius 3 is 2.42 bits per heavy atom. The van der Waals surface area contributed by atoms with Crippen LogP contribution in [-0.2, 0) is 4.74 Å². The molecule has 0 atom stereocenters. The van der Waals surface area contributed by atoms with E-state index in [-0.39, 0.29) is 19.0 Å². The summed E-state index contributed by atoms with van der Waals surface area (Å²) in [6, 6.07) is 10.6. The van der Waals surface area contributed by atoms with Gasteiger partial charge in [-0.3, -0.25) is 0 Å². The van der Waals surface area contributed by atoms with Crippen LogP contribution in [0.3, 0.4) is 0 Å². The monoisotopic (exact) mass is 388 g/mol.